The quantitative estimate of drug-likeness (QED) is 0.630. The third kappa shape index (κ3) is 4.60. The van der Waals surface area contributed by atoms with Gasteiger partial charge < -0.3 is 9.64 Å². The van der Waals surface area contributed by atoms with Crippen molar-refractivity contribution in [1.29, 1.82) is 5.41 Å². The van der Waals surface area contributed by atoms with E-state index in [1.165, 1.54) is 16.8 Å². The highest BCUT2D eigenvalue weighted by atomic mass is 32.2. The molecule has 0 bridgehead atoms. The maximum Gasteiger partial charge on any atom is 0.283 e. The van der Waals surface area contributed by atoms with Crippen molar-refractivity contribution >= 4 is 45.5 Å². The zero-order valence-corrected chi connectivity index (χ0v) is 19.1. The van der Waals surface area contributed by atoms with Gasteiger partial charge in [-0.15, -0.1) is 0 Å². The molecule has 0 unspecified atom stereocenters. The minimum absolute atomic E-state index is 0.0193. The lowest BCUT2D eigenvalue weighted by molar-refractivity contribution is -0.114. The number of carbonyl (C=O) groups is 1. The zero-order valence-electron chi connectivity index (χ0n) is 18.3. The van der Waals surface area contributed by atoms with E-state index in [1.807, 2.05) is 55.5 Å². The summed E-state index contributed by atoms with van der Waals surface area (Å²) in [4.78, 5) is 19.0. The number of hydrogen-bond acceptors (Lipinski definition) is 6. The van der Waals surface area contributed by atoms with Gasteiger partial charge in [-0.3, -0.25) is 10.2 Å². The first-order chi connectivity index (χ1) is 15.5. The van der Waals surface area contributed by atoms with Gasteiger partial charge in [-0.1, -0.05) is 24.3 Å². The Morgan fingerprint density at radius 2 is 1.91 bits per heavy atom. The highest BCUT2D eigenvalue weighted by Crippen LogP contribution is 2.29. The molecular formula is C24H25N5O2S. The van der Waals surface area contributed by atoms with Crippen LogP contribution in [-0.2, 0) is 4.79 Å². The van der Waals surface area contributed by atoms with Crippen LogP contribution in [0.15, 0.2) is 64.2 Å². The van der Waals surface area contributed by atoms with E-state index in [4.69, 9.17) is 10.1 Å². The maximum absolute atomic E-state index is 12.6. The van der Waals surface area contributed by atoms with Crippen molar-refractivity contribution in [2.24, 2.45) is 10.1 Å². The normalized spacial score (nSPS) is 16.7. The Labute approximate surface area is 192 Å². The molecule has 7 nitrogen and oxygen atoms in total. The average Bonchev–Trinajstić information content (AvgIpc) is 3.20. The van der Waals surface area contributed by atoms with Gasteiger partial charge in [0.1, 0.15) is 17.4 Å². The second-order valence-electron chi connectivity index (χ2n) is 7.38. The Hall–Kier alpha value is -3.39. The number of hydrogen-bond donors (Lipinski definition) is 1. The van der Waals surface area contributed by atoms with Gasteiger partial charge in [0.05, 0.1) is 5.57 Å². The van der Waals surface area contributed by atoms with Crippen LogP contribution in [0, 0.1) is 12.3 Å². The fourth-order valence-corrected chi connectivity index (χ4v) is 4.28. The molecule has 0 saturated heterocycles. The minimum atomic E-state index is -0.433. The molecule has 0 aliphatic carbocycles. The van der Waals surface area contributed by atoms with E-state index in [0.717, 1.165) is 35.7 Å². The van der Waals surface area contributed by atoms with Gasteiger partial charge in [-0.25, -0.2) is 0 Å². The molecule has 0 saturated carbocycles. The van der Waals surface area contributed by atoms with Crippen LogP contribution in [0.25, 0.3) is 6.08 Å². The monoisotopic (exact) mass is 447 g/mol. The number of aryl methyl sites for hydroxylation is 1. The van der Waals surface area contributed by atoms with Gasteiger partial charge in [0.15, 0.2) is 5.84 Å². The molecule has 2 aliphatic heterocycles. The third-order valence-electron chi connectivity index (χ3n) is 5.18. The molecule has 2 aromatic carbocycles. The number of fused-ring (bicyclic) bond motifs is 1. The van der Waals surface area contributed by atoms with Gasteiger partial charge in [0.2, 0.25) is 5.17 Å². The lowest BCUT2D eigenvalue weighted by atomic mass is 10.1. The number of nitrogens with one attached hydrogen (secondary N) is 1. The number of amidine groups is 2. The predicted molar refractivity (Wildman–Crippen MR) is 132 cm³/mol. The van der Waals surface area contributed by atoms with Crippen molar-refractivity contribution in [3.63, 3.8) is 0 Å². The van der Waals surface area contributed by atoms with Crippen molar-refractivity contribution < 1.29 is 9.53 Å². The van der Waals surface area contributed by atoms with Crippen LogP contribution in [0.4, 0.5) is 5.69 Å². The summed E-state index contributed by atoms with van der Waals surface area (Å²) < 4.78 is 5.80. The number of benzene rings is 2. The second kappa shape index (κ2) is 9.40. The van der Waals surface area contributed by atoms with Gasteiger partial charge in [0, 0.05) is 18.8 Å². The van der Waals surface area contributed by atoms with E-state index in [9.17, 15) is 4.79 Å². The van der Waals surface area contributed by atoms with Crippen LogP contribution >= 0.6 is 11.8 Å². The molecule has 0 aromatic heterocycles. The lowest BCUT2D eigenvalue weighted by Crippen LogP contribution is -2.35. The number of rotatable bonds is 7. The van der Waals surface area contributed by atoms with Gasteiger partial charge in [0.25, 0.3) is 5.91 Å². The largest absolute Gasteiger partial charge is 0.487 e. The molecule has 8 heteroatoms. The molecule has 164 valence electrons. The molecule has 1 amide bonds. The van der Waals surface area contributed by atoms with Crippen LogP contribution in [0.3, 0.4) is 0 Å². The number of ether oxygens (including phenoxy) is 1. The van der Waals surface area contributed by atoms with Crippen LogP contribution in [0.1, 0.15) is 25.0 Å². The topological polar surface area (TPSA) is 81.3 Å². The Balaban J connectivity index is 1.49. The molecule has 0 spiro atoms. The van der Waals surface area contributed by atoms with Gasteiger partial charge >= 0.3 is 0 Å². The molecule has 0 fully saturated rings. The first-order valence-electron chi connectivity index (χ1n) is 10.5. The number of thioether (sulfide) groups is 1. The van der Waals surface area contributed by atoms with Crippen molar-refractivity contribution in [3.05, 3.63) is 65.2 Å². The highest BCUT2D eigenvalue weighted by molar-refractivity contribution is 8.27. The maximum atomic E-state index is 12.6. The molecule has 32 heavy (non-hydrogen) atoms. The molecule has 4 rings (SSSR count). The van der Waals surface area contributed by atoms with Crippen molar-refractivity contribution in [2.75, 3.05) is 24.6 Å². The summed E-state index contributed by atoms with van der Waals surface area (Å²) in [6.45, 7) is 8.34. The molecule has 2 heterocycles. The Kier molecular flexibility index (Phi) is 6.41. The molecule has 2 aliphatic rings. The lowest BCUT2D eigenvalue weighted by Gasteiger charge is -2.21. The Morgan fingerprint density at radius 1 is 1.16 bits per heavy atom. The smallest absolute Gasteiger partial charge is 0.283 e. The van der Waals surface area contributed by atoms with Crippen molar-refractivity contribution in [3.8, 4) is 5.75 Å². The summed E-state index contributed by atoms with van der Waals surface area (Å²) in [6, 6.07) is 15.7. The summed E-state index contributed by atoms with van der Waals surface area (Å²) in [7, 11) is 0. The van der Waals surface area contributed by atoms with Crippen LogP contribution in [-0.4, -0.2) is 46.7 Å². The summed E-state index contributed by atoms with van der Waals surface area (Å²) >= 11 is 1.25. The fraction of sp³-hybridized carbons (Fsp3) is 0.250. The van der Waals surface area contributed by atoms with E-state index in [0.29, 0.717) is 10.2 Å². The van der Waals surface area contributed by atoms with E-state index >= 15 is 0 Å². The number of aliphatic imine (C=N–C) groups is 1. The van der Waals surface area contributed by atoms with E-state index < -0.39 is 5.91 Å². The van der Waals surface area contributed by atoms with Crippen molar-refractivity contribution in [2.45, 2.75) is 20.8 Å². The van der Waals surface area contributed by atoms with Crippen LogP contribution in [0.2, 0.25) is 0 Å². The number of carbonyl (C=O) groups excluding carboxylic acids is 1. The van der Waals surface area contributed by atoms with Crippen molar-refractivity contribution in [1.82, 2.24) is 5.01 Å². The van der Waals surface area contributed by atoms with Crippen LogP contribution < -0.4 is 9.64 Å². The van der Waals surface area contributed by atoms with Crippen LogP contribution in [0.5, 0.6) is 5.75 Å². The first kappa shape index (κ1) is 21.8. The third-order valence-corrected chi connectivity index (χ3v) is 6.06. The fourth-order valence-electron chi connectivity index (χ4n) is 3.48. The average molecular weight is 448 g/mol. The second-order valence-corrected chi connectivity index (χ2v) is 8.42. The van der Waals surface area contributed by atoms with E-state index in [2.05, 4.69) is 28.8 Å². The Morgan fingerprint density at radius 3 is 2.59 bits per heavy atom. The number of nitrogens with zero attached hydrogens (tertiary/aromatic N) is 4. The first-order valence-corrected chi connectivity index (χ1v) is 11.3. The number of amides is 1. The van der Waals surface area contributed by atoms with E-state index in [-0.39, 0.29) is 18.0 Å². The summed E-state index contributed by atoms with van der Waals surface area (Å²) in [5, 5.41) is 15.4. The summed E-state index contributed by atoms with van der Waals surface area (Å²) in [5.74, 6) is 0.337. The van der Waals surface area contributed by atoms with Gasteiger partial charge in [-0.05, 0) is 74.0 Å². The predicted octanol–water partition coefficient (Wildman–Crippen LogP) is 4.54. The molecule has 0 atom stereocenters. The number of anilines is 1. The molecule has 2 aromatic rings. The highest BCUT2D eigenvalue weighted by Gasteiger charge is 2.35. The SMILES string of the molecule is CCN(CC)c1ccc(C=C2C(=N)N3N=C(COc4cccc(C)c4)SC3=NC2=O)cc1. The summed E-state index contributed by atoms with van der Waals surface area (Å²) in [5.41, 5.74) is 3.29. The summed E-state index contributed by atoms with van der Waals surface area (Å²) in [6.07, 6.45) is 1.69. The molecule has 1 N–H and O–H groups in total. The van der Waals surface area contributed by atoms with Gasteiger partial charge in [-0.2, -0.15) is 15.1 Å². The standard InChI is InChI=1S/C24H25N5O2S/c1-4-28(5-2)18-11-9-17(10-12-18)14-20-22(25)29-24(26-23(20)30)32-21(27-29)15-31-19-8-6-7-16(3)13-19/h6-14,25H,4-5,15H2,1-3H3. The molecule has 0 radical (unpaired) electrons. The zero-order chi connectivity index (χ0) is 22.7. The number of hydrazone groups is 1. The molecular weight excluding hydrogens is 422 g/mol. The Bertz CT molecular complexity index is 1130. The minimum Gasteiger partial charge on any atom is -0.487 e. The van der Waals surface area contributed by atoms with E-state index in [1.54, 1.807) is 6.08 Å².